The van der Waals surface area contributed by atoms with Crippen LogP contribution in [-0.2, 0) is 10.0 Å². The van der Waals surface area contributed by atoms with Crippen LogP contribution in [0.2, 0.25) is 5.15 Å². The molecule has 9 heteroatoms. The van der Waals surface area contributed by atoms with Gasteiger partial charge in [0.15, 0.2) is 0 Å². The highest BCUT2D eigenvalue weighted by atomic mass is 35.5. The summed E-state index contributed by atoms with van der Waals surface area (Å²) in [5, 5.41) is 0.101. The number of benzene rings is 1. The minimum Gasteiger partial charge on any atom is -0.366 e. The van der Waals surface area contributed by atoms with E-state index in [1.807, 2.05) is 0 Å². The van der Waals surface area contributed by atoms with Crippen LogP contribution in [0, 0.1) is 6.92 Å². The Morgan fingerprint density at radius 1 is 1.29 bits per heavy atom. The Balaban J connectivity index is 2.40. The van der Waals surface area contributed by atoms with Gasteiger partial charge >= 0.3 is 0 Å². The van der Waals surface area contributed by atoms with E-state index in [0.717, 1.165) is 6.33 Å². The van der Waals surface area contributed by atoms with Gasteiger partial charge in [0.25, 0.3) is 10.0 Å². The summed E-state index contributed by atoms with van der Waals surface area (Å²) in [5.74, 6) is -0.675. The van der Waals surface area contributed by atoms with Crippen molar-refractivity contribution in [1.82, 2.24) is 9.97 Å². The summed E-state index contributed by atoms with van der Waals surface area (Å²) in [6.45, 7) is 1.66. The molecule has 0 atom stereocenters. The van der Waals surface area contributed by atoms with E-state index in [1.165, 1.54) is 24.3 Å². The number of nitrogens with one attached hydrogen (secondary N) is 1. The van der Waals surface area contributed by atoms with Gasteiger partial charge in [-0.25, -0.2) is 18.4 Å². The molecule has 1 amide bonds. The fourth-order valence-electron chi connectivity index (χ4n) is 1.62. The van der Waals surface area contributed by atoms with Gasteiger partial charge in [0.1, 0.15) is 17.3 Å². The molecule has 21 heavy (non-hydrogen) atoms. The third-order valence-electron chi connectivity index (χ3n) is 2.66. The van der Waals surface area contributed by atoms with Crippen molar-refractivity contribution in [3.8, 4) is 0 Å². The first kappa shape index (κ1) is 15.2. The number of aromatic nitrogens is 2. The zero-order valence-corrected chi connectivity index (χ0v) is 12.4. The van der Waals surface area contributed by atoms with Gasteiger partial charge in [-0.3, -0.25) is 9.52 Å². The number of aryl methyl sites for hydroxylation is 1. The van der Waals surface area contributed by atoms with Gasteiger partial charge in [0.2, 0.25) is 5.91 Å². The lowest BCUT2D eigenvalue weighted by Gasteiger charge is -2.09. The minimum absolute atomic E-state index is 0.0243. The maximum atomic E-state index is 12.2. The highest BCUT2D eigenvalue weighted by Gasteiger charge is 2.18. The van der Waals surface area contributed by atoms with Crippen molar-refractivity contribution in [2.45, 2.75) is 11.8 Å². The summed E-state index contributed by atoms with van der Waals surface area (Å²) >= 11 is 5.66. The average molecular weight is 327 g/mol. The number of halogens is 1. The van der Waals surface area contributed by atoms with E-state index in [2.05, 4.69) is 14.7 Å². The SMILES string of the molecule is Cc1ccc(S(=O)(=O)Nc2cc(Cl)ncn2)cc1C(N)=O. The Morgan fingerprint density at radius 2 is 2.00 bits per heavy atom. The molecule has 0 radical (unpaired) electrons. The van der Waals surface area contributed by atoms with Crippen LogP contribution in [0.15, 0.2) is 35.5 Å². The van der Waals surface area contributed by atoms with E-state index in [9.17, 15) is 13.2 Å². The van der Waals surface area contributed by atoms with Crippen LogP contribution in [0.4, 0.5) is 5.82 Å². The molecule has 1 heterocycles. The van der Waals surface area contributed by atoms with Crippen molar-refractivity contribution in [1.29, 1.82) is 0 Å². The summed E-state index contributed by atoms with van der Waals surface area (Å²) in [7, 11) is -3.91. The van der Waals surface area contributed by atoms with Crippen LogP contribution in [0.5, 0.6) is 0 Å². The van der Waals surface area contributed by atoms with Crippen LogP contribution in [0.1, 0.15) is 15.9 Å². The molecule has 0 spiro atoms. The fourth-order valence-corrected chi connectivity index (χ4v) is 2.79. The maximum absolute atomic E-state index is 12.2. The molecule has 0 fully saturated rings. The molecule has 0 aliphatic carbocycles. The molecule has 0 bridgehead atoms. The molecule has 110 valence electrons. The van der Waals surface area contributed by atoms with Gasteiger partial charge in [-0.2, -0.15) is 0 Å². The molecule has 0 saturated carbocycles. The Labute approximate surface area is 126 Å². The van der Waals surface area contributed by atoms with E-state index in [1.54, 1.807) is 6.92 Å². The number of anilines is 1. The minimum atomic E-state index is -3.91. The first-order valence-electron chi connectivity index (χ1n) is 5.70. The molecular formula is C12H11ClN4O3S. The van der Waals surface area contributed by atoms with Crippen LogP contribution < -0.4 is 10.5 Å². The molecule has 0 aliphatic heterocycles. The van der Waals surface area contributed by atoms with Gasteiger partial charge in [0.05, 0.1) is 4.90 Å². The quantitative estimate of drug-likeness (QED) is 0.822. The number of hydrogen-bond donors (Lipinski definition) is 2. The van der Waals surface area contributed by atoms with E-state index in [-0.39, 0.29) is 21.4 Å². The van der Waals surface area contributed by atoms with E-state index < -0.39 is 15.9 Å². The normalized spacial score (nSPS) is 11.1. The number of primary amides is 1. The zero-order valence-electron chi connectivity index (χ0n) is 10.9. The predicted molar refractivity (Wildman–Crippen MR) is 77.5 cm³/mol. The second-order valence-electron chi connectivity index (χ2n) is 4.17. The Kier molecular flexibility index (Phi) is 4.10. The van der Waals surface area contributed by atoms with E-state index in [4.69, 9.17) is 17.3 Å². The van der Waals surface area contributed by atoms with E-state index >= 15 is 0 Å². The molecular weight excluding hydrogens is 316 g/mol. The van der Waals surface area contributed by atoms with Crippen LogP contribution in [0.3, 0.4) is 0 Å². The maximum Gasteiger partial charge on any atom is 0.263 e. The standard InChI is InChI=1S/C12H11ClN4O3S/c1-7-2-3-8(4-9(7)12(14)18)21(19,20)17-11-5-10(13)15-6-16-11/h2-6H,1H3,(H2,14,18)(H,15,16,17). The lowest BCUT2D eigenvalue weighted by molar-refractivity contribution is 0.0999. The summed E-state index contributed by atoms with van der Waals surface area (Å²) in [5.41, 5.74) is 5.93. The number of sulfonamides is 1. The number of carbonyl (C=O) groups excluding carboxylic acids is 1. The highest BCUT2D eigenvalue weighted by Crippen LogP contribution is 2.19. The Hall–Kier alpha value is -2.19. The molecule has 3 N–H and O–H groups in total. The van der Waals surface area contributed by atoms with Crippen molar-refractivity contribution in [3.63, 3.8) is 0 Å². The van der Waals surface area contributed by atoms with Gasteiger partial charge < -0.3 is 5.73 Å². The highest BCUT2D eigenvalue weighted by molar-refractivity contribution is 7.92. The van der Waals surface area contributed by atoms with Crippen molar-refractivity contribution < 1.29 is 13.2 Å². The molecule has 1 aromatic carbocycles. The smallest absolute Gasteiger partial charge is 0.263 e. The zero-order chi connectivity index (χ0) is 15.6. The van der Waals surface area contributed by atoms with Crippen LogP contribution >= 0.6 is 11.6 Å². The van der Waals surface area contributed by atoms with Crippen LogP contribution in [0.25, 0.3) is 0 Å². The Bertz CT molecular complexity index is 808. The van der Waals surface area contributed by atoms with Gasteiger partial charge in [-0.1, -0.05) is 17.7 Å². The topological polar surface area (TPSA) is 115 Å². The number of amides is 1. The molecule has 0 saturated heterocycles. The average Bonchev–Trinajstić information content (AvgIpc) is 2.38. The molecule has 0 aliphatic rings. The lowest BCUT2D eigenvalue weighted by Crippen LogP contribution is -2.17. The van der Waals surface area contributed by atoms with Gasteiger partial charge in [-0.15, -0.1) is 0 Å². The van der Waals surface area contributed by atoms with Crippen molar-refractivity contribution in [3.05, 3.63) is 46.9 Å². The number of hydrogen-bond acceptors (Lipinski definition) is 5. The number of carbonyl (C=O) groups is 1. The number of nitrogens with zero attached hydrogens (tertiary/aromatic N) is 2. The molecule has 7 nitrogen and oxygen atoms in total. The van der Waals surface area contributed by atoms with E-state index in [0.29, 0.717) is 5.56 Å². The third kappa shape index (κ3) is 3.47. The summed E-state index contributed by atoms with van der Waals surface area (Å²) in [6.07, 6.45) is 1.13. The first-order valence-corrected chi connectivity index (χ1v) is 7.56. The molecule has 2 aromatic rings. The van der Waals surface area contributed by atoms with Crippen molar-refractivity contribution in [2.24, 2.45) is 5.73 Å². The molecule has 1 aromatic heterocycles. The summed E-state index contributed by atoms with van der Waals surface area (Å²) < 4.78 is 26.7. The third-order valence-corrected chi connectivity index (χ3v) is 4.22. The summed E-state index contributed by atoms with van der Waals surface area (Å²) in [6, 6.07) is 5.35. The van der Waals surface area contributed by atoms with Gasteiger partial charge in [0, 0.05) is 11.6 Å². The van der Waals surface area contributed by atoms with Crippen molar-refractivity contribution in [2.75, 3.05) is 4.72 Å². The molecule has 2 rings (SSSR count). The first-order chi connectivity index (χ1) is 9.79. The summed E-state index contributed by atoms with van der Waals surface area (Å²) in [4.78, 5) is 18.6. The Morgan fingerprint density at radius 3 is 2.62 bits per heavy atom. The van der Waals surface area contributed by atoms with Crippen molar-refractivity contribution >= 4 is 33.3 Å². The predicted octanol–water partition coefficient (Wildman–Crippen LogP) is 1.34. The second-order valence-corrected chi connectivity index (χ2v) is 6.24. The fraction of sp³-hybridized carbons (Fsp3) is 0.0833. The monoisotopic (exact) mass is 326 g/mol. The molecule has 0 unspecified atom stereocenters. The van der Waals surface area contributed by atoms with Crippen LogP contribution in [-0.4, -0.2) is 24.3 Å². The number of nitrogens with two attached hydrogens (primary N) is 1. The largest absolute Gasteiger partial charge is 0.366 e. The second kappa shape index (κ2) is 5.66. The lowest BCUT2D eigenvalue weighted by atomic mass is 10.1. The number of rotatable bonds is 4. The van der Waals surface area contributed by atoms with Gasteiger partial charge in [-0.05, 0) is 24.6 Å².